The molecule has 2 aromatic rings. The summed E-state index contributed by atoms with van der Waals surface area (Å²) in [6.45, 7) is 9.08. The van der Waals surface area contributed by atoms with Crippen LogP contribution in [0.3, 0.4) is 0 Å². The Morgan fingerprint density at radius 3 is 2.69 bits per heavy atom. The van der Waals surface area contributed by atoms with Crippen molar-refractivity contribution < 1.29 is 18.7 Å². The van der Waals surface area contributed by atoms with Crippen LogP contribution in [0.1, 0.15) is 42.9 Å². The van der Waals surface area contributed by atoms with Gasteiger partial charge in [-0.3, -0.25) is 9.59 Å². The van der Waals surface area contributed by atoms with Crippen LogP contribution in [0.2, 0.25) is 0 Å². The van der Waals surface area contributed by atoms with Gasteiger partial charge in [-0.25, -0.2) is 4.79 Å². The van der Waals surface area contributed by atoms with Crippen molar-refractivity contribution in [3.05, 3.63) is 39.2 Å². The summed E-state index contributed by atoms with van der Waals surface area (Å²) in [6.07, 6.45) is 1.54. The lowest BCUT2D eigenvalue weighted by atomic mass is 10.0. The highest BCUT2D eigenvalue weighted by Crippen LogP contribution is 2.31. The van der Waals surface area contributed by atoms with Crippen molar-refractivity contribution in [3.8, 4) is 5.75 Å². The van der Waals surface area contributed by atoms with Crippen molar-refractivity contribution in [2.24, 2.45) is 0 Å². The molecule has 2 heterocycles. The van der Waals surface area contributed by atoms with Gasteiger partial charge in [0.25, 0.3) is 5.91 Å². The Hall–Kier alpha value is -2.83. The molecule has 1 aliphatic rings. The maximum atomic E-state index is 12.4. The van der Waals surface area contributed by atoms with Crippen LogP contribution in [0.5, 0.6) is 5.75 Å². The number of amides is 2. The average Bonchev–Trinajstić information content (AvgIpc) is 3.07. The van der Waals surface area contributed by atoms with Gasteiger partial charge in [0.15, 0.2) is 6.10 Å². The Bertz CT molecular complexity index is 995. The van der Waals surface area contributed by atoms with Crippen molar-refractivity contribution in [2.45, 2.75) is 53.1 Å². The molecule has 156 valence electrons. The molecule has 1 saturated heterocycles. The smallest absolute Gasteiger partial charge is 0.339 e. The highest BCUT2D eigenvalue weighted by molar-refractivity contribution is 5.89. The maximum absolute atomic E-state index is 12.4. The van der Waals surface area contributed by atoms with E-state index in [9.17, 15) is 14.4 Å². The van der Waals surface area contributed by atoms with Gasteiger partial charge in [0.05, 0.1) is 5.39 Å². The number of hydrogen-bond donors (Lipinski definition) is 1. The van der Waals surface area contributed by atoms with Gasteiger partial charge in [-0.2, -0.15) is 0 Å². The first-order chi connectivity index (χ1) is 13.8. The molecule has 0 radical (unpaired) electrons. The highest BCUT2D eigenvalue weighted by atomic mass is 16.5. The van der Waals surface area contributed by atoms with Gasteiger partial charge in [-0.1, -0.05) is 0 Å². The van der Waals surface area contributed by atoms with Gasteiger partial charge in [0.2, 0.25) is 5.91 Å². The minimum atomic E-state index is -0.708. The predicted molar refractivity (Wildman–Crippen MR) is 110 cm³/mol. The van der Waals surface area contributed by atoms with Crippen molar-refractivity contribution in [3.63, 3.8) is 0 Å². The normalized spacial score (nSPS) is 15.0. The van der Waals surface area contributed by atoms with Crippen LogP contribution in [0, 0.1) is 20.8 Å². The zero-order valence-corrected chi connectivity index (χ0v) is 17.5. The Kier molecular flexibility index (Phi) is 6.25. The fraction of sp³-hybridized carbons (Fsp3) is 0.500. The third-order valence-electron chi connectivity index (χ3n) is 5.41. The molecule has 0 unspecified atom stereocenters. The van der Waals surface area contributed by atoms with E-state index in [0.717, 1.165) is 24.1 Å². The van der Waals surface area contributed by atoms with E-state index in [-0.39, 0.29) is 17.4 Å². The Balaban J connectivity index is 1.65. The number of nitrogens with zero attached hydrogens (tertiary/aromatic N) is 1. The zero-order valence-electron chi connectivity index (χ0n) is 17.5. The lowest BCUT2D eigenvalue weighted by Crippen LogP contribution is -2.38. The standard InChI is InChI=1S/C22H28N2O5/c1-13-11-17(20-14(2)15(3)22(27)29-18(20)12-13)28-16(4)21(26)23-8-6-10-24-9-5-7-19(24)25/h11-12,16H,5-10H2,1-4H3,(H,23,26)/t16-/m1/s1. The van der Waals surface area contributed by atoms with E-state index in [2.05, 4.69) is 5.32 Å². The molecule has 0 spiro atoms. The number of likely N-dealkylation sites (tertiary alicyclic amines) is 1. The molecule has 1 N–H and O–H groups in total. The minimum Gasteiger partial charge on any atom is -0.480 e. The summed E-state index contributed by atoms with van der Waals surface area (Å²) in [5.41, 5.74) is 2.28. The van der Waals surface area contributed by atoms with Gasteiger partial charge in [-0.05, 0) is 63.8 Å². The molecule has 3 rings (SSSR count). The molecule has 1 atom stereocenters. The van der Waals surface area contributed by atoms with Crippen LogP contribution >= 0.6 is 0 Å². The second-order valence-corrected chi connectivity index (χ2v) is 7.66. The SMILES string of the molecule is Cc1cc(O[C@H](C)C(=O)NCCCN2CCCC2=O)c2c(C)c(C)c(=O)oc2c1. The fourth-order valence-electron chi connectivity index (χ4n) is 3.59. The molecule has 0 bridgehead atoms. The number of aryl methyl sites for hydroxylation is 2. The minimum absolute atomic E-state index is 0.191. The summed E-state index contributed by atoms with van der Waals surface area (Å²) >= 11 is 0. The predicted octanol–water partition coefficient (Wildman–Crippen LogP) is 2.61. The third kappa shape index (κ3) is 4.60. The van der Waals surface area contributed by atoms with Crippen LogP contribution in [0.15, 0.2) is 21.3 Å². The first kappa shape index (κ1) is 20.9. The van der Waals surface area contributed by atoms with E-state index in [1.807, 2.05) is 24.8 Å². The summed E-state index contributed by atoms with van der Waals surface area (Å²) in [5, 5.41) is 3.57. The number of benzene rings is 1. The molecule has 1 aromatic heterocycles. The topological polar surface area (TPSA) is 88.9 Å². The number of nitrogens with one attached hydrogen (secondary N) is 1. The van der Waals surface area contributed by atoms with Crippen LogP contribution in [0.4, 0.5) is 0 Å². The highest BCUT2D eigenvalue weighted by Gasteiger charge is 2.21. The molecule has 7 nitrogen and oxygen atoms in total. The summed E-state index contributed by atoms with van der Waals surface area (Å²) in [4.78, 5) is 37.9. The molecule has 0 saturated carbocycles. The molecule has 1 fully saturated rings. The lowest BCUT2D eigenvalue weighted by Gasteiger charge is -2.19. The number of hydrogen-bond acceptors (Lipinski definition) is 5. The Morgan fingerprint density at radius 1 is 1.24 bits per heavy atom. The molecule has 1 aromatic carbocycles. The van der Waals surface area contributed by atoms with E-state index in [4.69, 9.17) is 9.15 Å². The second-order valence-electron chi connectivity index (χ2n) is 7.66. The van der Waals surface area contributed by atoms with Crippen LogP contribution in [0.25, 0.3) is 11.0 Å². The van der Waals surface area contributed by atoms with Crippen LogP contribution in [-0.2, 0) is 9.59 Å². The zero-order chi connectivity index (χ0) is 21.1. The summed E-state index contributed by atoms with van der Waals surface area (Å²) < 4.78 is 11.4. The van der Waals surface area contributed by atoms with Crippen LogP contribution in [-0.4, -0.2) is 42.5 Å². The quantitative estimate of drug-likeness (QED) is 0.570. The summed E-state index contributed by atoms with van der Waals surface area (Å²) in [5.74, 6) is 0.491. The van der Waals surface area contributed by atoms with Crippen molar-refractivity contribution >= 4 is 22.8 Å². The lowest BCUT2D eigenvalue weighted by molar-refractivity contribution is -0.127. The van der Waals surface area contributed by atoms with Crippen molar-refractivity contribution in [1.82, 2.24) is 10.2 Å². The number of fused-ring (bicyclic) bond motifs is 1. The van der Waals surface area contributed by atoms with Crippen LogP contribution < -0.4 is 15.7 Å². The van der Waals surface area contributed by atoms with Crippen molar-refractivity contribution in [2.75, 3.05) is 19.6 Å². The molecule has 0 aliphatic carbocycles. The second kappa shape index (κ2) is 8.68. The molecular formula is C22H28N2O5. The first-order valence-electron chi connectivity index (χ1n) is 10.0. The first-order valence-corrected chi connectivity index (χ1v) is 10.0. The molecule has 1 aliphatic heterocycles. The largest absolute Gasteiger partial charge is 0.480 e. The average molecular weight is 400 g/mol. The van der Waals surface area contributed by atoms with E-state index < -0.39 is 6.10 Å². The van der Waals surface area contributed by atoms with Gasteiger partial charge in [-0.15, -0.1) is 0 Å². The third-order valence-corrected chi connectivity index (χ3v) is 5.41. The Labute approximate surface area is 170 Å². The molecule has 2 amide bonds. The molecular weight excluding hydrogens is 372 g/mol. The monoisotopic (exact) mass is 400 g/mol. The Morgan fingerprint density at radius 2 is 2.00 bits per heavy atom. The van der Waals surface area contributed by atoms with Gasteiger partial charge in [0.1, 0.15) is 11.3 Å². The fourth-order valence-corrected chi connectivity index (χ4v) is 3.59. The number of carbonyl (C=O) groups is 2. The van der Waals surface area contributed by atoms with Gasteiger partial charge in [0, 0.05) is 31.6 Å². The van der Waals surface area contributed by atoms with Gasteiger partial charge < -0.3 is 19.4 Å². The van der Waals surface area contributed by atoms with E-state index in [1.54, 1.807) is 19.9 Å². The molecule has 7 heteroatoms. The summed E-state index contributed by atoms with van der Waals surface area (Å²) in [7, 11) is 0. The summed E-state index contributed by atoms with van der Waals surface area (Å²) in [6, 6.07) is 3.64. The molecule has 29 heavy (non-hydrogen) atoms. The maximum Gasteiger partial charge on any atom is 0.339 e. The van der Waals surface area contributed by atoms with E-state index in [0.29, 0.717) is 48.2 Å². The number of carbonyl (C=O) groups excluding carboxylic acids is 2. The number of rotatable bonds is 7. The van der Waals surface area contributed by atoms with Gasteiger partial charge >= 0.3 is 5.63 Å². The van der Waals surface area contributed by atoms with E-state index in [1.165, 1.54) is 0 Å². The number of ether oxygens (including phenoxy) is 1. The van der Waals surface area contributed by atoms with E-state index >= 15 is 0 Å². The van der Waals surface area contributed by atoms with Crippen molar-refractivity contribution in [1.29, 1.82) is 0 Å².